The van der Waals surface area contributed by atoms with Crippen LogP contribution in [0.4, 0.5) is 5.69 Å². The third-order valence-corrected chi connectivity index (χ3v) is 6.19. The predicted molar refractivity (Wildman–Crippen MR) is 108 cm³/mol. The molecule has 1 atom stereocenters. The number of halogens is 1. The standard InChI is InChI=1S/C22H22BrNO3/c1-2-24-19-10-9-17(23)12-18(19)22(27,21(24)26)13-20(25)16-8-7-14-5-3-4-6-15(14)11-16/h7-12,27H,2-6,13H2,1H3/t22-/m0/s1. The zero-order valence-electron chi connectivity index (χ0n) is 15.3. The first kappa shape index (κ1) is 18.4. The van der Waals surface area contributed by atoms with E-state index in [0.717, 1.165) is 23.7 Å². The Kier molecular flexibility index (Phi) is 4.68. The van der Waals surface area contributed by atoms with Gasteiger partial charge in [0.1, 0.15) is 0 Å². The second-order valence-electron chi connectivity index (χ2n) is 7.36. The van der Waals surface area contributed by atoms with E-state index >= 15 is 0 Å². The van der Waals surface area contributed by atoms with Crippen LogP contribution in [0, 0.1) is 0 Å². The lowest BCUT2D eigenvalue weighted by molar-refractivity contribution is -0.135. The first-order chi connectivity index (χ1) is 12.9. The molecule has 0 aromatic heterocycles. The monoisotopic (exact) mass is 427 g/mol. The second kappa shape index (κ2) is 6.88. The molecular formula is C22H22BrNO3. The van der Waals surface area contributed by atoms with Crippen molar-refractivity contribution in [2.45, 2.75) is 44.6 Å². The highest BCUT2D eigenvalue weighted by Gasteiger charge is 2.50. The number of carbonyl (C=O) groups is 2. The normalized spacial score (nSPS) is 21.1. The quantitative estimate of drug-likeness (QED) is 0.745. The highest BCUT2D eigenvalue weighted by atomic mass is 79.9. The van der Waals surface area contributed by atoms with E-state index in [4.69, 9.17) is 0 Å². The van der Waals surface area contributed by atoms with E-state index in [0.29, 0.717) is 23.4 Å². The molecule has 2 aromatic rings. The predicted octanol–water partition coefficient (Wildman–Crippen LogP) is 4.16. The molecule has 27 heavy (non-hydrogen) atoms. The highest BCUT2D eigenvalue weighted by Crippen LogP contribution is 2.44. The number of aliphatic hydroxyl groups is 1. The number of rotatable bonds is 4. The zero-order valence-corrected chi connectivity index (χ0v) is 16.9. The van der Waals surface area contributed by atoms with Gasteiger partial charge in [0, 0.05) is 22.1 Å². The van der Waals surface area contributed by atoms with Crippen molar-refractivity contribution in [3.63, 3.8) is 0 Å². The number of Topliss-reactive ketones (excluding diaryl/α,β-unsaturated/α-hetero) is 1. The summed E-state index contributed by atoms with van der Waals surface area (Å²) in [5, 5.41) is 11.3. The third-order valence-electron chi connectivity index (χ3n) is 5.70. The SMILES string of the molecule is CCN1C(=O)[C@](O)(CC(=O)c2ccc3c(c2)CCCC3)c2cc(Br)ccc21. The number of anilines is 1. The van der Waals surface area contributed by atoms with Crippen LogP contribution in [0.1, 0.15) is 53.2 Å². The summed E-state index contributed by atoms with van der Waals surface area (Å²) in [6.45, 7) is 2.31. The van der Waals surface area contributed by atoms with Gasteiger partial charge in [-0.2, -0.15) is 0 Å². The van der Waals surface area contributed by atoms with Crippen LogP contribution in [0.15, 0.2) is 40.9 Å². The van der Waals surface area contributed by atoms with Crippen LogP contribution >= 0.6 is 15.9 Å². The van der Waals surface area contributed by atoms with Gasteiger partial charge < -0.3 is 10.0 Å². The summed E-state index contributed by atoms with van der Waals surface area (Å²) in [5.41, 5.74) is 2.45. The van der Waals surface area contributed by atoms with Gasteiger partial charge >= 0.3 is 0 Å². The van der Waals surface area contributed by atoms with Crippen LogP contribution in [0.3, 0.4) is 0 Å². The van der Waals surface area contributed by atoms with Gasteiger partial charge in [0.15, 0.2) is 11.4 Å². The molecular weight excluding hydrogens is 406 g/mol. The average molecular weight is 428 g/mol. The lowest BCUT2D eigenvalue weighted by Gasteiger charge is -2.22. The number of likely N-dealkylation sites (N-methyl/N-ethyl adjacent to an activating group) is 1. The fraction of sp³-hybridized carbons (Fsp3) is 0.364. The van der Waals surface area contributed by atoms with Crippen molar-refractivity contribution in [3.05, 3.63) is 63.1 Å². The van der Waals surface area contributed by atoms with E-state index in [1.807, 2.05) is 37.3 Å². The van der Waals surface area contributed by atoms with Crippen molar-refractivity contribution in [2.75, 3.05) is 11.4 Å². The molecule has 1 aliphatic heterocycles. The Bertz CT molecular complexity index is 939. The molecule has 0 radical (unpaired) electrons. The Morgan fingerprint density at radius 3 is 2.63 bits per heavy atom. The molecule has 2 aliphatic rings. The first-order valence-corrected chi connectivity index (χ1v) is 10.2. The molecule has 0 bridgehead atoms. The van der Waals surface area contributed by atoms with E-state index in [9.17, 15) is 14.7 Å². The summed E-state index contributed by atoms with van der Waals surface area (Å²) >= 11 is 3.40. The molecule has 4 nitrogen and oxygen atoms in total. The molecule has 1 aliphatic carbocycles. The Morgan fingerprint density at radius 2 is 1.89 bits per heavy atom. The third kappa shape index (κ3) is 3.03. The van der Waals surface area contributed by atoms with Gasteiger partial charge in [0.2, 0.25) is 0 Å². The molecule has 1 amide bonds. The Hall–Kier alpha value is -1.98. The van der Waals surface area contributed by atoms with Crippen molar-refractivity contribution in [3.8, 4) is 0 Å². The summed E-state index contributed by atoms with van der Waals surface area (Å²) in [6.07, 6.45) is 4.12. The largest absolute Gasteiger partial charge is 0.375 e. The van der Waals surface area contributed by atoms with Gasteiger partial charge in [0.05, 0.1) is 12.1 Å². The summed E-state index contributed by atoms with van der Waals surface area (Å²) in [6, 6.07) is 11.2. The van der Waals surface area contributed by atoms with E-state index in [-0.39, 0.29) is 12.2 Å². The molecule has 140 valence electrons. The van der Waals surface area contributed by atoms with Crippen molar-refractivity contribution >= 4 is 33.3 Å². The topological polar surface area (TPSA) is 57.6 Å². The Labute approximate surface area is 167 Å². The molecule has 0 spiro atoms. The van der Waals surface area contributed by atoms with E-state index in [1.165, 1.54) is 17.5 Å². The fourth-order valence-corrected chi connectivity index (χ4v) is 4.61. The number of hydrogen-bond acceptors (Lipinski definition) is 3. The van der Waals surface area contributed by atoms with Crippen LogP contribution in [-0.2, 0) is 23.2 Å². The number of fused-ring (bicyclic) bond motifs is 2. The summed E-state index contributed by atoms with van der Waals surface area (Å²) < 4.78 is 0.770. The second-order valence-corrected chi connectivity index (χ2v) is 8.28. The molecule has 0 saturated heterocycles. The maximum absolute atomic E-state index is 13.0. The van der Waals surface area contributed by atoms with Gasteiger partial charge in [-0.3, -0.25) is 9.59 Å². The molecule has 2 aromatic carbocycles. The lowest BCUT2D eigenvalue weighted by Crippen LogP contribution is -2.41. The molecule has 5 heteroatoms. The molecule has 4 rings (SSSR count). The van der Waals surface area contributed by atoms with Gasteiger partial charge in [0.25, 0.3) is 5.91 Å². The number of benzene rings is 2. The number of aryl methyl sites for hydroxylation is 2. The molecule has 0 fully saturated rings. The Balaban J connectivity index is 1.68. The summed E-state index contributed by atoms with van der Waals surface area (Å²) in [4.78, 5) is 27.5. The number of nitrogens with zero attached hydrogens (tertiary/aromatic N) is 1. The summed E-state index contributed by atoms with van der Waals surface area (Å²) in [5.74, 6) is -0.632. The van der Waals surface area contributed by atoms with Gasteiger partial charge in [-0.25, -0.2) is 0 Å². The van der Waals surface area contributed by atoms with Gasteiger partial charge in [-0.05, 0) is 68.0 Å². The minimum atomic E-state index is -1.82. The highest BCUT2D eigenvalue weighted by molar-refractivity contribution is 9.10. The molecule has 0 unspecified atom stereocenters. The number of ketones is 1. The molecule has 0 saturated carbocycles. The first-order valence-electron chi connectivity index (χ1n) is 9.43. The van der Waals surface area contributed by atoms with Gasteiger partial charge in [-0.15, -0.1) is 0 Å². The smallest absolute Gasteiger partial charge is 0.264 e. The Morgan fingerprint density at radius 1 is 1.15 bits per heavy atom. The number of hydrogen-bond donors (Lipinski definition) is 1. The van der Waals surface area contributed by atoms with E-state index in [2.05, 4.69) is 15.9 Å². The van der Waals surface area contributed by atoms with Crippen molar-refractivity contribution < 1.29 is 14.7 Å². The van der Waals surface area contributed by atoms with Crippen LogP contribution < -0.4 is 4.90 Å². The van der Waals surface area contributed by atoms with Crippen LogP contribution in [0.5, 0.6) is 0 Å². The maximum Gasteiger partial charge on any atom is 0.264 e. The van der Waals surface area contributed by atoms with Crippen molar-refractivity contribution in [1.82, 2.24) is 0 Å². The number of amides is 1. The van der Waals surface area contributed by atoms with Crippen LogP contribution in [0.2, 0.25) is 0 Å². The van der Waals surface area contributed by atoms with Gasteiger partial charge in [-0.1, -0.05) is 28.1 Å². The summed E-state index contributed by atoms with van der Waals surface area (Å²) in [7, 11) is 0. The molecule has 1 heterocycles. The minimum absolute atomic E-state index is 0.205. The van der Waals surface area contributed by atoms with E-state index in [1.54, 1.807) is 11.0 Å². The zero-order chi connectivity index (χ0) is 19.2. The number of carbonyl (C=O) groups excluding carboxylic acids is 2. The lowest BCUT2D eigenvalue weighted by atomic mass is 9.85. The average Bonchev–Trinajstić information content (AvgIpc) is 2.88. The van der Waals surface area contributed by atoms with E-state index < -0.39 is 11.5 Å². The maximum atomic E-state index is 13.0. The minimum Gasteiger partial charge on any atom is -0.375 e. The van der Waals surface area contributed by atoms with Crippen molar-refractivity contribution in [1.29, 1.82) is 0 Å². The van der Waals surface area contributed by atoms with Crippen LogP contribution in [0.25, 0.3) is 0 Å². The molecule has 1 N–H and O–H groups in total. The van der Waals surface area contributed by atoms with Crippen LogP contribution in [-0.4, -0.2) is 23.3 Å². The fourth-order valence-electron chi connectivity index (χ4n) is 4.25. The van der Waals surface area contributed by atoms with Crippen molar-refractivity contribution in [2.24, 2.45) is 0 Å².